The Morgan fingerprint density at radius 3 is 2.36 bits per heavy atom. The molecule has 1 aliphatic rings. The Labute approximate surface area is 88.6 Å². The van der Waals surface area contributed by atoms with Gasteiger partial charge in [0, 0.05) is 12.6 Å². The van der Waals surface area contributed by atoms with Gasteiger partial charge in [0.05, 0.1) is 0 Å². The van der Waals surface area contributed by atoms with E-state index >= 15 is 0 Å². The van der Waals surface area contributed by atoms with Crippen LogP contribution in [-0.4, -0.2) is 19.1 Å². The molecule has 0 saturated heterocycles. The van der Waals surface area contributed by atoms with Crippen LogP contribution in [0.15, 0.2) is 0 Å². The Morgan fingerprint density at radius 1 is 1.21 bits per heavy atom. The van der Waals surface area contributed by atoms with Crippen molar-refractivity contribution in [3.05, 3.63) is 0 Å². The van der Waals surface area contributed by atoms with E-state index in [4.69, 9.17) is 5.73 Å². The van der Waals surface area contributed by atoms with Crippen molar-refractivity contribution in [2.24, 2.45) is 17.6 Å². The standard InChI is InChI=1S/C12H26N2/c1-10(2)12(8-13)14-9-11-6-4-3-5-7-11/h10-12,14H,3-9,13H2,1-2H3. The molecule has 0 aromatic heterocycles. The van der Waals surface area contributed by atoms with Crippen molar-refractivity contribution in [2.45, 2.75) is 52.0 Å². The van der Waals surface area contributed by atoms with Crippen LogP contribution in [0.25, 0.3) is 0 Å². The van der Waals surface area contributed by atoms with Gasteiger partial charge in [-0.25, -0.2) is 0 Å². The maximum absolute atomic E-state index is 5.73. The van der Waals surface area contributed by atoms with Crippen LogP contribution in [0.1, 0.15) is 46.0 Å². The lowest BCUT2D eigenvalue weighted by molar-refractivity contribution is 0.307. The summed E-state index contributed by atoms with van der Waals surface area (Å²) >= 11 is 0. The fraction of sp³-hybridized carbons (Fsp3) is 1.00. The number of nitrogens with one attached hydrogen (secondary N) is 1. The van der Waals surface area contributed by atoms with E-state index in [2.05, 4.69) is 19.2 Å². The molecule has 2 heteroatoms. The lowest BCUT2D eigenvalue weighted by Crippen LogP contribution is -2.42. The van der Waals surface area contributed by atoms with E-state index in [9.17, 15) is 0 Å². The minimum atomic E-state index is 0.511. The molecule has 1 unspecified atom stereocenters. The summed E-state index contributed by atoms with van der Waals surface area (Å²) in [5.41, 5.74) is 5.73. The minimum Gasteiger partial charge on any atom is -0.329 e. The number of hydrogen-bond donors (Lipinski definition) is 2. The summed E-state index contributed by atoms with van der Waals surface area (Å²) in [7, 11) is 0. The van der Waals surface area contributed by atoms with Gasteiger partial charge in [-0.15, -0.1) is 0 Å². The third-order valence-electron chi connectivity index (χ3n) is 3.45. The van der Waals surface area contributed by atoms with Crippen molar-refractivity contribution in [1.82, 2.24) is 5.32 Å². The average molecular weight is 198 g/mol. The quantitative estimate of drug-likeness (QED) is 0.710. The van der Waals surface area contributed by atoms with Crippen LogP contribution < -0.4 is 11.1 Å². The summed E-state index contributed by atoms with van der Waals surface area (Å²) in [6, 6.07) is 0.511. The average Bonchev–Trinajstić information content (AvgIpc) is 2.20. The highest BCUT2D eigenvalue weighted by Crippen LogP contribution is 2.22. The molecule has 84 valence electrons. The second kappa shape index (κ2) is 6.41. The van der Waals surface area contributed by atoms with Crippen molar-refractivity contribution < 1.29 is 0 Å². The fourth-order valence-corrected chi connectivity index (χ4v) is 2.30. The predicted molar refractivity (Wildman–Crippen MR) is 62.3 cm³/mol. The molecule has 0 aliphatic heterocycles. The lowest BCUT2D eigenvalue weighted by Gasteiger charge is -2.26. The van der Waals surface area contributed by atoms with Crippen molar-refractivity contribution in [3.63, 3.8) is 0 Å². The zero-order valence-corrected chi connectivity index (χ0v) is 9.76. The van der Waals surface area contributed by atoms with E-state index in [0.717, 1.165) is 12.5 Å². The maximum Gasteiger partial charge on any atom is 0.0213 e. The van der Waals surface area contributed by atoms with Crippen molar-refractivity contribution in [2.75, 3.05) is 13.1 Å². The molecule has 0 radical (unpaired) electrons. The van der Waals surface area contributed by atoms with Gasteiger partial charge in [0.1, 0.15) is 0 Å². The van der Waals surface area contributed by atoms with E-state index in [0.29, 0.717) is 12.0 Å². The highest BCUT2D eigenvalue weighted by atomic mass is 14.9. The first-order valence-corrected chi connectivity index (χ1v) is 6.17. The van der Waals surface area contributed by atoms with Crippen molar-refractivity contribution in [1.29, 1.82) is 0 Å². The van der Waals surface area contributed by atoms with Crippen LogP contribution in [0.5, 0.6) is 0 Å². The molecule has 0 spiro atoms. The van der Waals surface area contributed by atoms with Gasteiger partial charge in [0.25, 0.3) is 0 Å². The summed E-state index contributed by atoms with van der Waals surface area (Å²) in [5, 5.41) is 3.61. The number of hydrogen-bond acceptors (Lipinski definition) is 2. The highest BCUT2D eigenvalue weighted by Gasteiger charge is 2.16. The Bertz CT molecular complexity index is 139. The molecule has 0 bridgehead atoms. The molecule has 1 fully saturated rings. The van der Waals surface area contributed by atoms with Gasteiger partial charge in [-0.3, -0.25) is 0 Å². The monoisotopic (exact) mass is 198 g/mol. The SMILES string of the molecule is CC(C)C(CN)NCC1CCCCC1. The molecule has 0 aromatic carbocycles. The van der Waals surface area contributed by atoms with Crippen molar-refractivity contribution >= 4 is 0 Å². The Kier molecular flexibility index (Phi) is 5.49. The van der Waals surface area contributed by atoms with Gasteiger partial charge in [0.2, 0.25) is 0 Å². The van der Waals surface area contributed by atoms with E-state index in [1.807, 2.05) is 0 Å². The molecular weight excluding hydrogens is 172 g/mol. The summed E-state index contributed by atoms with van der Waals surface area (Å²) < 4.78 is 0. The third kappa shape index (κ3) is 3.97. The Hall–Kier alpha value is -0.0800. The normalized spacial score (nSPS) is 21.4. The van der Waals surface area contributed by atoms with Crippen LogP contribution in [0.2, 0.25) is 0 Å². The van der Waals surface area contributed by atoms with E-state index in [-0.39, 0.29) is 0 Å². The fourth-order valence-electron chi connectivity index (χ4n) is 2.30. The molecule has 1 aliphatic carbocycles. The smallest absolute Gasteiger partial charge is 0.0213 e. The summed E-state index contributed by atoms with van der Waals surface area (Å²) in [4.78, 5) is 0. The van der Waals surface area contributed by atoms with Gasteiger partial charge in [0.15, 0.2) is 0 Å². The summed E-state index contributed by atoms with van der Waals surface area (Å²) in [5.74, 6) is 1.57. The van der Waals surface area contributed by atoms with E-state index < -0.39 is 0 Å². The number of rotatable bonds is 5. The molecule has 14 heavy (non-hydrogen) atoms. The molecular formula is C12H26N2. The Balaban J connectivity index is 2.16. The lowest BCUT2D eigenvalue weighted by atomic mass is 9.89. The predicted octanol–water partition coefficient (Wildman–Crippen LogP) is 2.14. The highest BCUT2D eigenvalue weighted by molar-refractivity contribution is 4.75. The van der Waals surface area contributed by atoms with Crippen LogP contribution in [0.4, 0.5) is 0 Å². The molecule has 0 aromatic rings. The van der Waals surface area contributed by atoms with E-state index in [1.165, 1.54) is 38.6 Å². The second-order valence-electron chi connectivity index (χ2n) is 5.00. The molecule has 0 heterocycles. The van der Waals surface area contributed by atoms with Crippen LogP contribution in [-0.2, 0) is 0 Å². The molecule has 1 rings (SSSR count). The first-order chi connectivity index (χ1) is 6.74. The molecule has 1 saturated carbocycles. The maximum atomic E-state index is 5.73. The zero-order chi connectivity index (χ0) is 10.4. The summed E-state index contributed by atoms with van der Waals surface area (Å²) in [6.07, 6.45) is 7.15. The molecule has 2 nitrogen and oxygen atoms in total. The van der Waals surface area contributed by atoms with Crippen LogP contribution in [0, 0.1) is 11.8 Å². The van der Waals surface area contributed by atoms with Gasteiger partial charge in [-0.05, 0) is 31.2 Å². The Morgan fingerprint density at radius 2 is 1.86 bits per heavy atom. The third-order valence-corrected chi connectivity index (χ3v) is 3.45. The van der Waals surface area contributed by atoms with Gasteiger partial charge < -0.3 is 11.1 Å². The van der Waals surface area contributed by atoms with Gasteiger partial charge in [-0.1, -0.05) is 33.1 Å². The van der Waals surface area contributed by atoms with Crippen molar-refractivity contribution in [3.8, 4) is 0 Å². The first kappa shape index (κ1) is 12.0. The zero-order valence-electron chi connectivity index (χ0n) is 9.76. The van der Waals surface area contributed by atoms with Gasteiger partial charge in [-0.2, -0.15) is 0 Å². The van der Waals surface area contributed by atoms with Gasteiger partial charge >= 0.3 is 0 Å². The largest absolute Gasteiger partial charge is 0.329 e. The van der Waals surface area contributed by atoms with Crippen LogP contribution >= 0.6 is 0 Å². The second-order valence-corrected chi connectivity index (χ2v) is 5.00. The molecule has 1 atom stereocenters. The van der Waals surface area contributed by atoms with E-state index in [1.54, 1.807) is 0 Å². The first-order valence-electron chi connectivity index (χ1n) is 6.17. The van der Waals surface area contributed by atoms with Crippen LogP contribution in [0.3, 0.4) is 0 Å². The molecule has 0 amide bonds. The summed E-state index contributed by atoms with van der Waals surface area (Å²) in [6.45, 7) is 6.43. The minimum absolute atomic E-state index is 0.511. The number of nitrogens with two attached hydrogens (primary N) is 1. The molecule has 3 N–H and O–H groups in total. The topological polar surface area (TPSA) is 38.0 Å².